The zero-order valence-electron chi connectivity index (χ0n) is 14.2. The van der Waals surface area contributed by atoms with Crippen molar-refractivity contribution < 1.29 is 28.6 Å². The number of carbonyl (C=O) groups excluding carboxylic acids is 2. The number of nitrogens with one attached hydrogen (secondary N) is 2. The number of rotatable bonds is 6. The van der Waals surface area contributed by atoms with Gasteiger partial charge in [0.2, 0.25) is 5.91 Å². The van der Waals surface area contributed by atoms with Crippen molar-refractivity contribution >= 4 is 46.4 Å². The van der Waals surface area contributed by atoms with E-state index in [-0.39, 0.29) is 19.0 Å². The Morgan fingerprint density at radius 2 is 2.15 bits per heavy atom. The molecule has 26 heavy (non-hydrogen) atoms. The lowest BCUT2D eigenvalue weighted by Crippen LogP contribution is -2.50. The summed E-state index contributed by atoms with van der Waals surface area (Å²) in [5, 5.41) is 13.5. The molecule has 0 bridgehead atoms. The van der Waals surface area contributed by atoms with Crippen LogP contribution < -0.4 is 15.5 Å². The van der Waals surface area contributed by atoms with Crippen LogP contribution in [-0.4, -0.2) is 48.4 Å². The summed E-state index contributed by atoms with van der Waals surface area (Å²) in [6.07, 6.45) is -2.54. The molecule has 1 fully saturated rings. The standard InChI is InChI=1S/C16H19FIN3O5/c1-8(2)13(20-15(23)24)14(22)19-6-10-7-21(16(25)26-10)9-3-4-12(18)11(17)5-9/h3-5,8,10,13,20H,6-7H2,1-2H3,(H,19,22)(H,23,24). The molecule has 2 unspecified atom stereocenters. The first kappa shape index (κ1) is 20.2. The lowest BCUT2D eigenvalue weighted by molar-refractivity contribution is -0.124. The molecule has 0 aromatic heterocycles. The molecule has 0 radical (unpaired) electrons. The van der Waals surface area contributed by atoms with Crippen molar-refractivity contribution in [2.75, 3.05) is 18.0 Å². The van der Waals surface area contributed by atoms with Gasteiger partial charge < -0.3 is 20.5 Å². The number of cyclic esters (lactones) is 1. The Hall–Kier alpha value is -2.11. The van der Waals surface area contributed by atoms with E-state index in [9.17, 15) is 18.8 Å². The number of hydrogen-bond donors (Lipinski definition) is 3. The highest BCUT2D eigenvalue weighted by molar-refractivity contribution is 14.1. The second-order valence-electron chi connectivity index (χ2n) is 6.13. The Labute approximate surface area is 163 Å². The van der Waals surface area contributed by atoms with E-state index >= 15 is 0 Å². The maximum atomic E-state index is 13.7. The van der Waals surface area contributed by atoms with Crippen LogP contribution in [0.3, 0.4) is 0 Å². The van der Waals surface area contributed by atoms with Crippen molar-refractivity contribution in [1.82, 2.24) is 10.6 Å². The zero-order chi connectivity index (χ0) is 19.4. The topological polar surface area (TPSA) is 108 Å². The summed E-state index contributed by atoms with van der Waals surface area (Å²) in [5.41, 5.74) is 0.370. The average molecular weight is 479 g/mol. The Bertz CT molecular complexity index is 715. The minimum atomic E-state index is -1.29. The lowest BCUT2D eigenvalue weighted by Gasteiger charge is -2.20. The van der Waals surface area contributed by atoms with Gasteiger partial charge in [-0.2, -0.15) is 0 Å². The number of carbonyl (C=O) groups is 3. The van der Waals surface area contributed by atoms with Gasteiger partial charge in [0, 0.05) is 3.57 Å². The van der Waals surface area contributed by atoms with Crippen LogP contribution in [0.5, 0.6) is 0 Å². The minimum Gasteiger partial charge on any atom is -0.465 e. The Kier molecular flexibility index (Phi) is 6.62. The van der Waals surface area contributed by atoms with Crippen molar-refractivity contribution in [3.63, 3.8) is 0 Å². The highest BCUT2D eigenvalue weighted by atomic mass is 127. The molecule has 1 heterocycles. The molecule has 1 saturated heterocycles. The summed E-state index contributed by atoms with van der Waals surface area (Å²) in [7, 11) is 0. The summed E-state index contributed by atoms with van der Waals surface area (Å²) in [5.74, 6) is -1.19. The second-order valence-corrected chi connectivity index (χ2v) is 7.29. The van der Waals surface area contributed by atoms with E-state index in [2.05, 4.69) is 10.6 Å². The molecule has 0 spiro atoms. The van der Waals surface area contributed by atoms with Crippen LogP contribution in [0.1, 0.15) is 13.8 Å². The molecular weight excluding hydrogens is 460 g/mol. The maximum Gasteiger partial charge on any atom is 0.414 e. The summed E-state index contributed by atoms with van der Waals surface area (Å²) in [4.78, 5) is 36.2. The molecule has 3 amide bonds. The predicted octanol–water partition coefficient (Wildman–Crippen LogP) is 2.16. The number of nitrogens with zero attached hydrogens (tertiary/aromatic N) is 1. The third kappa shape index (κ3) is 4.96. The first-order valence-electron chi connectivity index (χ1n) is 7.89. The van der Waals surface area contributed by atoms with Crippen molar-refractivity contribution in [2.45, 2.75) is 26.0 Å². The van der Waals surface area contributed by atoms with E-state index in [4.69, 9.17) is 9.84 Å². The largest absolute Gasteiger partial charge is 0.465 e. The van der Waals surface area contributed by atoms with Crippen LogP contribution in [0.2, 0.25) is 0 Å². The highest BCUT2D eigenvalue weighted by Gasteiger charge is 2.33. The Morgan fingerprint density at radius 3 is 2.73 bits per heavy atom. The van der Waals surface area contributed by atoms with E-state index in [0.717, 1.165) is 0 Å². The van der Waals surface area contributed by atoms with Gasteiger partial charge in [0.1, 0.15) is 18.0 Å². The van der Waals surface area contributed by atoms with Gasteiger partial charge in [-0.05, 0) is 46.7 Å². The highest BCUT2D eigenvalue weighted by Crippen LogP contribution is 2.24. The van der Waals surface area contributed by atoms with Gasteiger partial charge in [-0.25, -0.2) is 14.0 Å². The number of ether oxygens (including phenoxy) is 1. The molecule has 1 aromatic rings. The Morgan fingerprint density at radius 1 is 1.46 bits per heavy atom. The van der Waals surface area contributed by atoms with Crippen molar-refractivity contribution in [1.29, 1.82) is 0 Å². The molecule has 142 valence electrons. The van der Waals surface area contributed by atoms with Crippen LogP contribution in [0.15, 0.2) is 18.2 Å². The third-order valence-corrected chi connectivity index (χ3v) is 4.70. The van der Waals surface area contributed by atoms with E-state index < -0.39 is 36.1 Å². The van der Waals surface area contributed by atoms with E-state index in [0.29, 0.717) is 9.26 Å². The minimum absolute atomic E-state index is 0.0262. The number of halogens is 2. The van der Waals surface area contributed by atoms with Gasteiger partial charge in [0.15, 0.2) is 0 Å². The molecule has 0 saturated carbocycles. The summed E-state index contributed by atoms with van der Waals surface area (Å²) in [6, 6.07) is 3.50. The molecule has 3 N–H and O–H groups in total. The number of hydrogen-bond acceptors (Lipinski definition) is 4. The smallest absolute Gasteiger partial charge is 0.414 e. The third-order valence-electron chi connectivity index (χ3n) is 3.82. The number of amides is 3. The monoisotopic (exact) mass is 479 g/mol. The molecular formula is C16H19FIN3O5. The quantitative estimate of drug-likeness (QED) is 0.543. The molecule has 1 aliphatic heterocycles. The normalized spacial score (nSPS) is 17.8. The Balaban J connectivity index is 1.95. The van der Waals surface area contributed by atoms with Gasteiger partial charge in [-0.1, -0.05) is 13.8 Å². The number of carboxylic acid groups (broad SMARTS) is 1. The van der Waals surface area contributed by atoms with Crippen LogP contribution in [0.4, 0.5) is 19.7 Å². The van der Waals surface area contributed by atoms with Gasteiger partial charge in [0.25, 0.3) is 0 Å². The first-order valence-corrected chi connectivity index (χ1v) is 8.97. The molecule has 0 aliphatic carbocycles. The summed E-state index contributed by atoms with van der Waals surface area (Å²) >= 11 is 1.85. The number of anilines is 1. The fourth-order valence-corrected chi connectivity index (χ4v) is 2.82. The lowest BCUT2D eigenvalue weighted by atomic mass is 10.0. The molecule has 1 aliphatic rings. The first-order chi connectivity index (χ1) is 12.2. The summed E-state index contributed by atoms with van der Waals surface area (Å²) in [6.45, 7) is 3.60. The maximum absolute atomic E-state index is 13.7. The van der Waals surface area contributed by atoms with Crippen molar-refractivity contribution in [3.8, 4) is 0 Å². The van der Waals surface area contributed by atoms with E-state index in [1.807, 2.05) is 22.6 Å². The fraction of sp³-hybridized carbons (Fsp3) is 0.438. The van der Waals surface area contributed by atoms with Crippen LogP contribution in [-0.2, 0) is 9.53 Å². The van der Waals surface area contributed by atoms with E-state index in [1.165, 1.54) is 11.0 Å². The molecule has 2 atom stereocenters. The van der Waals surface area contributed by atoms with Gasteiger partial charge >= 0.3 is 12.2 Å². The SMILES string of the molecule is CC(C)C(NC(=O)O)C(=O)NCC1CN(c2ccc(I)c(F)c2)C(=O)O1. The molecule has 2 rings (SSSR count). The molecule has 8 nitrogen and oxygen atoms in total. The van der Waals surface area contributed by atoms with Crippen molar-refractivity contribution in [3.05, 3.63) is 27.6 Å². The predicted molar refractivity (Wildman–Crippen MR) is 99.5 cm³/mol. The number of benzene rings is 1. The van der Waals surface area contributed by atoms with E-state index in [1.54, 1.807) is 26.0 Å². The molecule has 10 heteroatoms. The van der Waals surface area contributed by atoms with Crippen LogP contribution >= 0.6 is 22.6 Å². The van der Waals surface area contributed by atoms with Gasteiger partial charge in [-0.3, -0.25) is 9.69 Å². The molecule has 1 aromatic carbocycles. The fourth-order valence-electron chi connectivity index (χ4n) is 2.48. The van der Waals surface area contributed by atoms with Gasteiger partial charge in [-0.15, -0.1) is 0 Å². The summed E-state index contributed by atoms with van der Waals surface area (Å²) < 4.78 is 19.3. The van der Waals surface area contributed by atoms with Gasteiger partial charge in [0.05, 0.1) is 18.8 Å². The van der Waals surface area contributed by atoms with Crippen LogP contribution in [0.25, 0.3) is 0 Å². The zero-order valence-corrected chi connectivity index (χ0v) is 16.3. The average Bonchev–Trinajstić information content (AvgIpc) is 2.93. The van der Waals surface area contributed by atoms with Crippen molar-refractivity contribution in [2.24, 2.45) is 5.92 Å². The second kappa shape index (κ2) is 8.52. The van der Waals surface area contributed by atoms with Crippen LogP contribution in [0, 0.1) is 15.3 Å².